The van der Waals surface area contributed by atoms with Crippen molar-refractivity contribution in [2.24, 2.45) is 0 Å². The van der Waals surface area contributed by atoms with Gasteiger partial charge in [0.15, 0.2) is 5.60 Å². The molecule has 0 aliphatic carbocycles. The van der Waals surface area contributed by atoms with E-state index in [9.17, 15) is 4.79 Å². The Hall–Kier alpha value is -3.88. The van der Waals surface area contributed by atoms with Crippen molar-refractivity contribution in [2.75, 3.05) is 11.5 Å². The molecule has 5 rings (SSSR count). The van der Waals surface area contributed by atoms with E-state index in [1.54, 1.807) is 0 Å². The molecule has 5 heteroatoms. The second-order valence-corrected chi connectivity index (χ2v) is 11.1. The van der Waals surface area contributed by atoms with Crippen molar-refractivity contribution in [3.8, 4) is 0 Å². The van der Waals surface area contributed by atoms with Crippen LogP contribution in [0.25, 0.3) is 0 Å². The first-order valence-electron chi connectivity index (χ1n) is 11.1. The molecular formula is C29H24NO3P. The van der Waals surface area contributed by atoms with Gasteiger partial charge in [0, 0.05) is 27.9 Å². The second-order valence-electron chi connectivity index (χ2n) is 8.23. The first kappa shape index (κ1) is 21.9. The molecule has 0 unspecified atom stereocenters. The highest BCUT2D eigenvalue weighted by molar-refractivity contribution is 7.78. The summed E-state index contributed by atoms with van der Waals surface area (Å²) in [5.41, 5.74) is 0.918. The standard InChI is InChI=1S/C29H24NO3P/c31-28-21-27(30-24-15-7-2-8-16-24)29(33-28,23-13-5-1-6-14-23)22-34(32,25-17-9-3-10-18-25)26-19-11-4-12-20-26/h1-21,30H,22H2/t29-/m1/s1. The summed E-state index contributed by atoms with van der Waals surface area (Å²) in [6.45, 7) is 0. The van der Waals surface area contributed by atoms with Crippen molar-refractivity contribution < 1.29 is 14.1 Å². The molecule has 0 radical (unpaired) electrons. The predicted octanol–water partition coefficient (Wildman–Crippen LogP) is 5.45. The van der Waals surface area contributed by atoms with Gasteiger partial charge in [0.05, 0.1) is 11.9 Å². The Labute approximate surface area is 199 Å². The zero-order valence-corrected chi connectivity index (χ0v) is 19.4. The Morgan fingerprint density at radius 3 is 1.68 bits per heavy atom. The minimum absolute atomic E-state index is 0.0927. The van der Waals surface area contributed by atoms with E-state index in [0.29, 0.717) is 5.70 Å². The average molecular weight is 465 g/mol. The summed E-state index contributed by atoms with van der Waals surface area (Å²) in [5.74, 6) is -0.463. The molecule has 0 saturated heterocycles. The van der Waals surface area contributed by atoms with Crippen LogP contribution in [-0.4, -0.2) is 12.1 Å². The number of carbonyl (C=O) groups excluding carboxylic acids is 1. The third-order valence-electron chi connectivity index (χ3n) is 6.06. The molecule has 4 aromatic rings. The van der Waals surface area contributed by atoms with Gasteiger partial charge in [0.2, 0.25) is 0 Å². The fourth-order valence-corrected chi connectivity index (χ4v) is 7.43. The summed E-state index contributed by atoms with van der Waals surface area (Å²) >= 11 is 0. The molecule has 4 nitrogen and oxygen atoms in total. The minimum Gasteiger partial charge on any atom is -0.444 e. The Kier molecular flexibility index (Phi) is 5.91. The fraction of sp³-hybridized carbons (Fsp3) is 0.0690. The molecule has 34 heavy (non-hydrogen) atoms. The predicted molar refractivity (Wildman–Crippen MR) is 137 cm³/mol. The van der Waals surface area contributed by atoms with Crippen LogP contribution in [0, 0.1) is 0 Å². The van der Waals surface area contributed by atoms with Crippen molar-refractivity contribution in [1.29, 1.82) is 0 Å². The summed E-state index contributed by atoms with van der Waals surface area (Å²) in [5, 5.41) is 4.82. The van der Waals surface area contributed by atoms with Gasteiger partial charge in [-0.25, -0.2) is 4.79 Å². The number of anilines is 1. The van der Waals surface area contributed by atoms with Crippen LogP contribution in [0.2, 0.25) is 0 Å². The van der Waals surface area contributed by atoms with E-state index < -0.39 is 18.7 Å². The van der Waals surface area contributed by atoms with Gasteiger partial charge < -0.3 is 14.6 Å². The number of para-hydroxylation sites is 1. The van der Waals surface area contributed by atoms with Crippen molar-refractivity contribution in [3.63, 3.8) is 0 Å². The van der Waals surface area contributed by atoms with Crippen molar-refractivity contribution in [3.05, 3.63) is 139 Å². The largest absolute Gasteiger partial charge is 0.444 e. The molecule has 0 bridgehead atoms. The molecular weight excluding hydrogens is 441 g/mol. The quantitative estimate of drug-likeness (QED) is 0.291. The van der Waals surface area contributed by atoms with Crippen LogP contribution >= 0.6 is 7.14 Å². The van der Waals surface area contributed by atoms with Crippen molar-refractivity contribution in [1.82, 2.24) is 0 Å². The maximum absolute atomic E-state index is 15.0. The third kappa shape index (κ3) is 4.09. The lowest BCUT2D eigenvalue weighted by molar-refractivity contribution is -0.145. The number of nitrogens with one attached hydrogen (secondary N) is 1. The van der Waals surface area contributed by atoms with Gasteiger partial charge in [-0.05, 0) is 12.1 Å². The van der Waals surface area contributed by atoms with Crippen LogP contribution in [0.3, 0.4) is 0 Å². The Bertz CT molecular complexity index is 1310. The van der Waals surface area contributed by atoms with Gasteiger partial charge >= 0.3 is 5.97 Å². The number of hydrogen-bond acceptors (Lipinski definition) is 4. The fourth-order valence-electron chi connectivity index (χ4n) is 4.42. The molecule has 168 valence electrons. The van der Waals surface area contributed by atoms with Crippen LogP contribution in [0.5, 0.6) is 0 Å². The third-order valence-corrected chi connectivity index (χ3v) is 9.21. The average Bonchev–Trinajstić information content (AvgIpc) is 3.21. The SMILES string of the molecule is O=C1C=C(Nc2ccccc2)[C@@](CP(=O)(c2ccccc2)c2ccccc2)(c2ccccc2)O1. The van der Waals surface area contributed by atoms with Gasteiger partial charge in [-0.3, -0.25) is 0 Å². The highest BCUT2D eigenvalue weighted by Gasteiger charge is 2.50. The van der Waals surface area contributed by atoms with E-state index in [1.807, 2.05) is 121 Å². The summed E-state index contributed by atoms with van der Waals surface area (Å²) in [7, 11) is -3.23. The molecule has 0 fully saturated rings. The van der Waals surface area contributed by atoms with E-state index in [-0.39, 0.29) is 6.16 Å². The number of ether oxygens (including phenoxy) is 1. The van der Waals surface area contributed by atoms with Gasteiger partial charge in [-0.2, -0.15) is 0 Å². The van der Waals surface area contributed by atoms with Crippen LogP contribution in [-0.2, 0) is 19.7 Å². The molecule has 4 aromatic carbocycles. The van der Waals surface area contributed by atoms with Gasteiger partial charge in [0.25, 0.3) is 0 Å². The van der Waals surface area contributed by atoms with E-state index in [0.717, 1.165) is 21.9 Å². The van der Waals surface area contributed by atoms with E-state index in [4.69, 9.17) is 4.74 Å². The number of esters is 1. The van der Waals surface area contributed by atoms with Crippen LogP contribution in [0.1, 0.15) is 5.56 Å². The highest BCUT2D eigenvalue weighted by Crippen LogP contribution is 2.53. The first-order chi connectivity index (χ1) is 16.6. The number of benzene rings is 4. The molecule has 0 aromatic heterocycles. The molecule has 1 aliphatic rings. The van der Waals surface area contributed by atoms with E-state index >= 15 is 4.57 Å². The highest BCUT2D eigenvalue weighted by atomic mass is 31.2. The zero-order chi connectivity index (χ0) is 23.4. The molecule has 0 saturated carbocycles. The normalized spacial score (nSPS) is 17.6. The number of hydrogen-bond donors (Lipinski definition) is 1. The van der Waals surface area contributed by atoms with Gasteiger partial charge in [-0.1, -0.05) is 109 Å². The summed E-state index contributed by atoms with van der Waals surface area (Å²) in [4.78, 5) is 12.8. The maximum atomic E-state index is 15.0. The monoisotopic (exact) mass is 465 g/mol. The van der Waals surface area contributed by atoms with Crippen molar-refractivity contribution in [2.45, 2.75) is 5.60 Å². The molecule has 1 atom stereocenters. The molecule has 0 spiro atoms. The van der Waals surface area contributed by atoms with Crippen LogP contribution < -0.4 is 15.9 Å². The Morgan fingerprint density at radius 1 is 0.676 bits per heavy atom. The van der Waals surface area contributed by atoms with Gasteiger partial charge in [0.1, 0.15) is 7.14 Å². The first-order valence-corrected chi connectivity index (χ1v) is 13.0. The Balaban J connectivity index is 1.69. The van der Waals surface area contributed by atoms with E-state index in [1.165, 1.54) is 6.08 Å². The number of rotatable bonds is 7. The smallest absolute Gasteiger partial charge is 0.333 e. The topological polar surface area (TPSA) is 55.4 Å². The maximum Gasteiger partial charge on any atom is 0.333 e. The van der Waals surface area contributed by atoms with Gasteiger partial charge in [-0.15, -0.1) is 0 Å². The summed E-state index contributed by atoms with van der Waals surface area (Å²) in [6, 6.07) is 38.1. The lowest BCUT2D eigenvalue weighted by atomic mass is 9.92. The molecule has 0 amide bonds. The van der Waals surface area contributed by atoms with E-state index in [2.05, 4.69) is 5.32 Å². The molecule has 1 heterocycles. The minimum atomic E-state index is -3.23. The van der Waals surface area contributed by atoms with Crippen LogP contribution in [0.15, 0.2) is 133 Å². The lowest BCUT2D eigenvalue weighted by Crippen LogP contribution is -2.39. The number of carbonyl (C=O) groups is 1. The second kappa shape index (κ2) is 9.17. The van der Waals surface area contributed by atoms with Crippen molar-refractivity contribution >= 4 is 29.4 Å². The molecule has 1 aliphatic heterocycles. The summed E-state index contributed by atoms with van der Waals surface area (Å²) < 4.78 is 21.1. The van der Waals surface area contributed by atoms with Crippen LogP contribution in [0.4, 0.5) is 5.69 Å². The summed E-state index contributed by atoms with van der Waals surface area (Å²) in [6.07, 6.45) is 1.57. The molecule has 1 N–H and O–H groups in total. The Morgan fingerprint density at radius 2 is 1.15 bits per heavy atom. The zero-order valence-electron chi connectivity index (χ0n) is 18.5. The number of cyclic esters (lactones) is 1. The lowest BCUT2D eigenvalue weighted by Gasteiger charge is -2.35.